The van der Waals surface area contributed by atoms with Crippen LogP contribution in [0.15, 0.2) is 0 Å². The predicted octanol–water partition coefficient (Wildman–Crippen LogP) is 6.09. The van der Waals surface area contributed by atoms with E-state index in [1.54, 1.807) is 0 Å². The Morgan fingerprint density at radius 1 is 0.783 bits per heavy atom. The fraction of sp³-hybridized carbons (Fsp3) is 1.00. The smallest absolute Gasteiger partial charge is 0.0543 e. The molecule has 1 saturated carbocycles. The Balaban J connectivity index is 2.89. The van der Waals surface area contributed by atoms with E-state index >= 15 is 0 Å². The zero-order valence-corrected chi connectivity index (χ0v) is 16.7. The summed E-state index contributed by atoms with van der Waals surface area (Å²) >= 11 is 0. The molecule has 0 aromatic carbocycles. The van der Waals surface area contributed by atoms with Crippen LogP contribution in [0.1, 0.15) is 85.5 Å². The standard InChI is InChI=1S/C21H42O2/c1-7-20(8-2,9-3)14-15-21(16-22-5,17-23-6)19-12-10-18(4)11-13-19/h18-19H,7-17H2,1-6H3. The molecular weight excluding hydrogens is 284 g/mol. The molecule has 0 aromatic heterocycles. The summed E-state index contributed by atoms with van der Waals surface area (Å²) in [5, 5.41) is 0. The fourth-order valence-electron chi connectivity index (χ4n) is 4.87. The molecule has 0 aliphatic heterocycles. The Kier molecular flexibility index (Phi) is 9.15. The van der Waals surface area contributed by atoms with Gasteiger partial charge in [0.05, 0.1) is 13.2 Å². The van der Waals surface area contributed by atoms with Crippen molar-refractivity contribution >= 4 is 0 Å². The highest BCUT2D eigenvalue weighted by Crippen LogP contribution is 2.47. The van der Waals surface area contributed by atoms with Crippen molar-refractivity contribution < 1.29 is 9.47 Å². The van der Waals surface area contributed by atoms with Gasteiger partial charge in [-0.25, -0.2) is 0 Å². The van der Waals surface area contributed by atoms with Crippen molar-refractivity contribution in [1.29, 1.82) is 0 Å². The van der Waals surface area contributed by atoms with Crippen LogP contribution >= 0.6 is 0 Å². The SMILES string of the molecule is CCC(CC)(CC)CCC(COC)(COC)C1CCC(C)CC1. The molecule has 1 aliphatic carbocycles. The summed E-state index contributed by atoms with van der Waals surface area (Å²) in [6, 6.07) is 0. The summed E-state index contributed by atoms with van der Waals surface area (Å²) < 4.78 is 11.5. The molecule has 2 heteroatoms. The van der Waals surface area contributed by atoms with Gasteiger partial charge in [0.25, 0.3) is 0 Å². The molecule has 0 aromatic rings. The number of methoxy groups -OCH3 is 2. The van der Waals surface area contributed by atoms with Crippen LogP contribution in [0.5, 0.6) is 0 Å². The lowest BCUT2D eigenvalue weighted by atomic mass is 9.63. The lowest BCUT2D eigenvalue weighted by molar-refractivity contribution is -0.0574. The highest BCUT2D eigenvalue weighted by molar-refractivity contribution is 4.91. The van der Waals surface area contributed by atoms with Gasteiger partial charge in [0, 0.05) is 19.6 Å². The zero-order valence-electron chi connectivity index (χ0n) is 16.7. The predicted molar refractivity (Wildman–Crippen MR) is 99.8 cm³/mol. The fourth-order valence-corrected chi connectivity index (χ4v) is 4.87. The summed E-state index contributed by atoms with van der Waals surface area (Å²) in [4.78, 5) is 0. The maximum absolute atomic E-state index is 5.73. The second-order valence-electron chi connectivity index (χ2n) is 8.25. The number of rotatable bonds is 11. The topological polar surface area (TPSA) is 18.5 Å². The molecule has 1 rings (SSSR count). The van der Waals surface area contributed by atoms with E-state index in [0.29, 0.717) is 5.41 Å². The van der Waals surface area contributed by atoms with E-state index < -0.39 is 0 Å². The van der Waals surface area contributed by atoms with Crippen molar-refractivity contribution in [3.63, 3.8) is 0 Å². The average Bonchev–Trinajstić information content (AvgIpc) is 2.57. The molecule has 138 valence electrons. The Morgan fingerprint density at radius 2 is 1.26 bits per heavy atom. The van der Waals surface area contributed by atoms with Gasteiger partial charge >= 0.3 is 0 Å². The number of ether oxygens (including phenoxy) is 2. The summed E-state index contributed by atoms with van der Waals surface area (Å²) in [7, 11) is 3.73. The second kappa shape index (κ2) is 10.0. The van der Waals surface area contributed by atoms with Crippen LogP contribution in [0.3, 0.4) is 0 Å². The molecule has 0 heterocycles. The van der Waals surface area contributed by atoms with Crippen molar-refractivity contribution in [2.45, 2.75) is 85.5 Å². The maximum Gasteiger partial charge on any atom is 0.0543 e. The van der Waals surface area contributed by atoms with Crippen molar-refractivity contribution in [2.24, 2.45) is 22.7 Å². The molecule has 1 aliphatic rings. The Labute approximate surface area is 145 Å². The highest BCUT2D eigenvalue weighted by atomic mass is 16.5. The normalized spacial score (nSPS) is 23.2. The van der Waals surface area contributed by atoms with Gasteiger partial charge in [0.1, 0.15) is 0 Å². The minimum Gasteiger partial charge on any atom is -0.384 e. The van der Waals surface area contributed by atoms with Gasteiger partial charge in [-0.1, -0.05) is 59.8 Å². The van der Waals surface area contributed by atoms with Gasteiger partial charge in [0.15, 0.2) is 0 Å². The molecule has 0 unspecified atom stereocenters. The molecule has 0 N–H and O–H groups in total. The Hall–Kier alpha value is -0.0800. The van der Waals surface area contributed by atoms with Crippen LogP contribution in [0.25, 0.3) is 0 Å². The molecule has 0 bridgehead atoms. The summed E-state index contributed by atoms with van der Waals surface area (Å²) in [6.45, 7) is 11.2. The van der Waals surface area contributed by atoms with E-state index in [4.69, 9.17) is 9.47 Å². The summed E-state index contributed by atoms with van der Waals surface area (Å²) in [5.74, 6) is 1.66. The van der Waals surface area contributed by atoms with E-state index in [0.717, 1.165) is 25.0 Å². The van der Waals surface area contributed by atoms with Crippen LogP contribution in [-0.4, -0.2) is 27.4 Å². The Morgan fingerprint density at radius 3 is 1.65 bits per heavy atom. The zero-order chi connectivity index (χ0) is 17.3. The largest absolute Gasteiger partial charge is 0.384 e. The van der Waals surface area contributed by atoms with Gasteiger partial charge in [0.2, 0.25) is 0 Å². The third-order valence-corrected chi connectivity index (χ3v) is 7.15. The van der Waals surface area contributed by atoms with Crippen molar-refractivity contribution in [3.05, 3.63) is 0 Å². The average molecular weight is 327 g/mol. The van der Waals surface area contributed by atoms with Crippen molar-refractivity contribution in [3.8, 4) is 0 Å². The lowest BCUT2D eigenvalue weighted by Gasteiger charge is -2.45. The molecule has 0 amide bonds. The monoisotopic (exact) mass is 326 g/mol. The van der Waals surface area contributed by atoms with Gasteiger partial charge in [-0.15, -0.1) is 0 Å². The second-order valence-corrected chi connectivity index (χ2v) is 8.25. The molecule has 0 radical (unpaired) electrons. The van der Waals surface area contributed by atoms with Gasteiger partial charge < -0.3 is 9.47 Å². The first-order chi connectivity index (χ1) is 11.0. The van der Waals surface area contributed by atoms with Crippen LogP contribution in [0.4, 0.5) is 0 Å². The maximum atomic E-state index is 5.73. The van der Waals surface area contributed by atoms with E-state index in [2.05, 4.69) is 27.7 Å². The van der Waals surface area contributed by atoms with E-state index in [9.17, 15) is 0 Å². The third-order valence-electron chi connectivity index (χ3n) is 7.15. The minimum absolute atomic E-state index is 0.217. The minimum atomic E-state index is 0.217. The molecule has 1 fully saturated rings. The highest BCUT2D eigenvalue weighted by Gasteiger charge is 2.41. The van der Waals surface area contributed by atoms with Gasteiger partial charge in [-0.05, 0) is 42.9 Å². The molecule has 0 spiro atoms. The van der Waals surface area contributed by atoms with Crippen LogP contribution in [0, 0.1) is 22.7 Å². The lowest BCUT2D eigenvalue weighted by Crippen LogP contribution is -2.42. The van der Waals surface area contributed by atoms with Gasteiger partial charge in [-0.2, -0.15) is 0 Å². The van der Waals surface area contributed by atoms with Crippen LogP contribution in [-0.2, 0) is 9.47 Å². The third kappa shape index (κ3) is 5.46. The van der Waals surface area contributed by atoms with Gasteiger partial charge in [-0.3, -0.25) is 0 Å². The first-order valence-electron chi connectivity index (χ1n) is 9.99. The summed E-state index contributed by atoms with van der Waals surface area (Å²) in [6.07, 6.45) is 11.9. The number of hydrogen-bond donors (Lipinski definition) is 0. The Bertz CT molecular complexity index is 287. The van der Waals surface area contributed by atoms with E-state index in [-0.39, 0.29) is 5.41 Å². The molecule has 23 heavy (non-hydrogen) atoms. The quantitative estimate of drug-likeness (QED) is 0.457. The van der Waals surface area contributed by atoms with Crippen LogP contribution in [0.2, 0.25) is 0 Å². The van der Waals surface area contributed by atoms with Crippen LogP contribution < -0.4 is 0 Å². The van der Waals surface area contributed by atoms with Crippen molar-refractivity contribution in [2.75, 3.05) is 27.4 Å². The molecule has 2 nitrogen and oxygen atoms in total. The summed E-state index contributed by atoms with van der Waals surface area (Å²) in [5.41, 5.74) is 0.725. The van der Waals surface area contributed by atoms with E-state index in [1.807, 2.05) is 14.2 Å². The molecular formula is C21H42O2. The first kappa shape index (κ1) is 21.0. The number of hydrogen-bond acceptors (Lipinski definition) is 2. The molecule has 0 saturated heterocycles. The van der Waals surface area contributed by atoms with E-state index in [1.165, 1.54) is 57.8 Å². The van der Waals surface area contributed by atoms with Crippen molar-refractivity contribution in [1.82, 2.24) is 0 Å². The first-order valence-corrected chi connectivity index (χ1v) is 9.99. The molecule has 0 atom stereocenters.